The molecule has 18 heavy (non-hydrogen) atoms. The van der Waals surface area contributed by atoms with Crippen molar-refractivity contribution in [2.75, 3.05) is 6.54 Å². The van der Waals surface area contributed by atoms with Gasteiger partial charge in [0.1, 0.15) is 0 Å². The maximum atomic E-state index is 3.69. The molecule has 1 aliphatic rings. The summed E-state index contributed by atoms with van der Waals surface area (Å²) in [7, 11) is 0. The average molecular weight is 245 g/mol. The molecular formula is C17H27N. The summed E-state index contributed by atoms with van der Waals surface area (Å²) in [6.45, 7) is 8.10. The Morgan fingerprint density at radius 3 is 2.22 bits per heavy atom. The Morgan fingerprint density at radius 1 is 1.11 bits per heavy atom. The molecule has 0 saturated heterocycles. The molecule has 1 heteroatoms. The highest BCUT2D eigenvalue weighted by atomic mass is 15.0. The molecule has 0 amide bonds. The lowest BCUT2D eigenvalue weighted by Crippen LogP contribution is -2.34. The van der Waals surface area contributed by atoms with Crippen LogP contribution in [-0.4, -0.2) is 12.6 Å². The second-order valence-electron chi connectivity index (χ2n) is 6.17. The van der Waals surface area contributed by atoms with Gasteiger partial charge < -0.3 is 5.32 Å². The molecule has 0 spiro atoms. The van der Waals surface area contributed by atoms with Crippen LogP contribution >= 0.6 is 0 Å². The van der Waals surface area contributed by atoms with E-state index in [-0.39, 0.29) is 0 Å². The summed E-state index contributed by atoms with van der Waals surface area (Å²) in [5.74, 6) is 0. The normalized spacial score (nSPS) is 18.6. The molecule has 0 heterocycles. The zero-order valence-corrected chi connectivity index (χ0v) is 12.1. The topological polar surface area (TPSA) is 12.0 Å². The van der Waals surface area contributed by atoms with Crippen molar-refractivity contribution in [3.05, 3.63) is 35.4 Å². The molecule has 1 aromatic carbocycles. The Morgan fingerprint density at radius 2 is 1.72 bits per heavy atom. The number of benzene rings is 1. The van der Waals surface area contributed by atoms with Crippen LogP contribution < -0.4 is 5.32 Å². The van der Waals surface area contributed by atoms with Gasteiger partial charge in [-0.25, -0.2) is 0 Å². The minimum Gasteiger partial charge on any atom is -0.313 e. The van der Waals surface area contributed by atoms with Gasteiger partial charge in [-0.1, -0.05) is 45.0 Å². The molecular weight excluding hydrogens is 218 g/mol. The quantitative estimate of drug-likeness (QED) is 0.766. The number of hydrogen-bond donors (Lipinski definition) is 1. The standard InChI is InChI=1S/C17H27N/c1-4-14-6-8-15(9-7-14)12-17(3,5-2)13-18-16-10-11-16/h6-9,16,18H,4-5,10-13H2,1-3H3. The number of hydrogen-bond acceptors (Lipinski definition) is 1. The van der Waals surface area contributed by atoms with Crippen LogP contribution in [0.3, 0.4) is 0 Å². The molecule has 1 N–H and O–H groups in total. The van der Waals surface area contributed by atoms with Gasteiger partial charge in [-0.15, -0.1) is 0 Å². The van der Waals surface area contributed by atoms with Gasteiger partial charge in [0.15, 0.2) is 0 Å². The summed E-state index contributed by atoms with van der Waals surface area (Å²) in [4.78, 5) is 0. The van der Waals surface area contributed by atoms with Gasteiger partial charge in [-0.2, -0.15) is 0 Å². The zero-order valence-electron chi connectivity index (χ0n) is 12.1. The van der Waals surface area contributed by atoms with Crippen LogP contribution in [0.15, 0.2) is 24.3 Å². The van der Waals surface area contributed by atoms with E-state index in [1.807, 2.05) is 0 Å². The third-order valence-electron chi connectivity index (χ3n) is 4.31. The van der Waals surface area contributed by atoms with Crippen molar-refractivity contribution in [2.45, 2.75) is 58.9 Å². The predicted octanol–water partition coefficient (Wildman–Crippen LogP) is 3.96. The monoisotopic (exact) mass is 245 g/mol. The molecule has 0 aliphatic heterocycles. The lowest BCUT2D eigenvalue weighted by Gasteiger charge is -2.29. The highest BCUT2D eigenvalue weighted by molar-refractivity contribution is 5.23. The van der Waals surface area contributed by atoms with E-state index >= 15 is 0 Å². The van der Waals surface area contributed by atoms with Crippen molar-refractivity contribution in [3.63, 3.8) is 0 Å². The Bertz CT molecular complexity index is 364. The van der Waals surface area contributed by atoms with E-state index in [1.54, 1.807) is 0 Å². The van der Waals surface area contributed by atoms with Crippen molar-refractivity contribution in [1.29, 1.82) is 0 Å². The fourth-order valence-corrected chi connectivity index (χ4v) is 2.38. The number of nitrogens with one attached hydrogen (secondary N) is 1. The lowest BCUT2D eigenvalue weighted by molar-refractivity contribution is 0.289. The van der Waals surface area contributed by atoms with Crippen molar-refractivity contribution in [1.82, 2.24) is 5.32 Å². The Kier molecular flexibility index (Phi) is 4.45. The van der Waals surface area contributed by atoms with E-state index in [1.165, 1.54) is 36.8 Å². The van der Waals surface area contributed by atoms with E-state index in [0.29, 0.717) is 5.41 Å². The van der Waals surface area contributed by atoms with E-state index < -0.39 is 0 Å². The second-order valence-corrected chi connectivity index (χ2v) is 6.17. The number of rotatable bonds is 7. The minimum absolute atomic E-state index is 0.399. The molecule has 0 aromatic heterocycles. The van der Waals surface area contributed by atoms with Crippen molar-refractivity contribution < 1.29 is 0 Å². The first-order valence-electron chi connectivity index (χ1n) is 7.46. The van der Waals surface area contributed by atoms with Gasteiger partial charge in [0, 0.05) is 12.6 Å². The highest BCUT2D eigenvalue weighted by Crippen LogP contribution is 2.28. The first kappa shape index (κ1) is 13.6. The third-order valence-corrected chi connectivity index (χ3v) is 4.31. The molecule has 1 aromatic rings. The fourth-order valence-electron chi connectivity index (χ4n) is 2.38. The predicted molar refractivity (Wildman–Crippen MR) is 78.9 cm³/mol. The second kappa shape index (κ2) is 5.88. The van der Waals surface area contributed by atoms with Gasteiger partial charge in [0.05, 0.1) is 0 Å². The molecule has 100 valence electrons. The van der Waals surface area contributed by atoms with Crippen molar-refractivity contribution in [2.24, 2.45) is 5.41 Å². The number of aryl methyl sites for hydroxylation is 1. The third kappa shape index (κ3) is 3.84. The molecule has 1 nitrogen and oxygen atoms in total. The maximum Gasteiger partial charge on any atom is 0.00684 e. The van der Waals surface area contributed by atoms with Crippen LogP contribution in [0.5, 0.6) is 0 Å². The molecule has 0 bridgehead atoms. The minimum atomic E-state index is 0.399. The summed E-state index contributed by atoms with van der Waals surface area (Å²) in [5, 5.41) is 3.69. The highest BCUT2D eigenvalue weighted by Gasteiger charge is 2.27. The van der Waals surface area contributed by atoms with Crippen LogP contribution in [0.25, 0.3) is 0 Å². The Balaban J connectivity index is 1.93. The Labute approximate surface area is 112 Å². The molecule has 1 unspecified atom stereocenters. The van der Waals surface area contributed by atoms with Gasteiger partial charge in [0.25, 0.3) is 0 Å². The van der Waals surface area contributed by atoms with E-state index in [9.17, 15) is 0 Å². The summed E-state index contributed by atoms with van der Waals surface area (Å²) < 4.78 is 0. The molecule has 1 atom stereocenters. The largest absolute Gasteiger partial charge is 0.313 e. The smallest absolute Gasteiger partial charge is 0.00684 e. The molecule has 1 saturated carbocycles. The molecule has 1 fully saturated rings. The van der Waals surface area contributed by atoms with Crippen LogP contribution in [0.2, 0.25) is 0 Å². The molecule has 2 rings (SSSR count). The first-order chi connectivity index (χ1) is 8.65. The fraction of sp³-hybridized carbons (Fsp3) is 0.647. The van der Waals surface area contributed by atoms with Crippen molar-refractivity contribution in [3.8, 4) is 0 Å². The van der Waals surface area contributed by atoms with Crippen LogP contribution in [0, 0.1) is 5.41 Å². The summed E-state index contributed by atoms with van der Waals surface area (Å²) >= 11 is 0. The van der Waals surface area contributed by atoms with Crippen molar-refractivity contribution >= 4 is 0 Å². The summed E-state index contributed by atoms with van der Waals surface area (Å²) in [5.41, 5.74) is 3.32. The van der Waals surface area contributed by atoms with E-state index in [0.717, 1.165) is 19.0 Å². The van der Waals surface area contributed by atoms with Crippen LogP contribution in [-0.2, 0) is 12.8 Å². The lowest BCUT2D eigenvalue weighted by atomic mass is 9.81. The van der Waals surface area contributed by atoms with Gasteiger partial charge in [-0.05, 0) is 48.6 Å². The Hall–Kier alpha value is -0.820. The van der Waals surface area contributed by atoms with Crippen LogP contribution in [0.4, 0.5) is 0 Å². The van der Waals surface area contributed by atoms with Gasteiger partial charge >= 0.3 is 0 Å². The van der Waals surface area contributed by atoms with Gasteiger partial charge in [0.2, 0.25) is 0 Å². The molecule has 0 radical (unpaired) electrons. The van der Waals surface area contributed by atoms with E-state index in [4.69, 9.17) is 0 Å². The first-order valence-corrected chi connectivity index (χ1v) is 7.46. The summed E-state index contributed by atoms with van der Waals surface area (Å²) in [6, 6.07) is 9.99. The SMILES string of the molecule is CCc1ccc(CC(C)(CC)CNC2CC2)cc1. The van der Waals surface area contributed by atoms with E-state index in [2.05, 4.69) is 50.4 Å². The average Bonchev–Trinajstić information content (AvgIpc) is 3.21. The molecule has 1 aliphatic carbocycles. The van der Waals surface area contributed by atoms with Gasteiger partial charge in [-0.3, -0.25) is 0 Å². The zero-order chi connectivity index (χ0) is 13.0. The maximum absolute atomic E-state index is 3.69. The summed E-state index contributed by atoms with van der Waals surface area (Å²) in [6.07, 6.45) is 6.32. The van der Waals surface area contributed by atoms with Crippen LogP contribution in [0.1, 0.15) is 51.2 Å².